The first-order chi connectivity index (χ1) is 14.8. The second-order valence-corrected chi connectivity index (χ2v) is 9.25. The lowest BCUT2D eigenvalue weighted by Crippen LogP contribution is -2.22. The molecule has 3 aromatic carbocycles. The van der Waals surface area contributed by atoms with Gasteiger partial charge in [-0.2, -0.15) is 0 Å². The molecule has 162 valence electrons. The van der Waals surface area contributed by atoms with Crippen LogP contribution in [0.4, 0.5) is 5.69 Å². The molecule has 4 nitrogen and oxygen atoms in total. The molecular weight excluding hydrogens is 454 g/mol. The van der Waals surface area contributed by atoms with Crippen LogP contribution >= 0.6 is 15.9 Å². The number of rotatable bonds is 8. The Morgan fingerprint density at radius 2 is 1.65 bits per heavy atom. The van der Waals surface area contributed by atoms with Gasteiger partial charge in [0.2, 0.25) is 0 Å². The molecule has 0 aromatic heterocycles. The topological polar surface area (TPSA) is 47.6 Å². The Bertz CT molecular complexity index is 995. The Labute approximate surface area is 192 Å². The summed E-state index contributed by atoms with van der Waals surface area (Å²) in [4.78, 5) is 12.4. The van der Waals surface area contributed by atoms with E-state index in [1.807, 2.05) is 60.7 Å². The normalized spacial score (nSPS) is 11.1. The van der Waals surface area contributed by atoms with Gasteiger partial charge in [0.25, 0.3) is 5.91 Å². The minimum atomic E-state index is -0.208. The minimum Gasteiger partial charge on any atom is -0.493 e. The minimum absolute atomic E-state index is 0.0555. The van der Waals surface area contributed by atoms with E-state index in [-0.39, 0.29) is 17.9 Å². The number of carbonyl (C=O) groups is 1. The van der Waals surface area contributed by atoms with Crippen molar-refractivity contribution in [2.75, 3.05) is 18.5 Å². The third kappa shape index (κ3) is 7.14. The van der Waals surface area contributed by atoms with E-state index in [9.17, 15) is 4.79 Å². The number of anilines is 1. The summed E-state index contributed by atoms with van der Waals surface area (Å²) >= 11 is 3.50. The molecule has 0 atom stereocenters. The molecule has 0 heterocycles. The Hall–Kier alpha value is -2.79. The molecule has 0 saturated carbocycles. The summed E-state index contributed by atoms with van der Waals surface area (Å²) in [5.41, 5.74) is 2.90. The summed E-state index contributed by atoms with van der Waals surface area (Å²) in [6, 6.07) is 23.4. The van der Waals surface area contributed by atoms with Crippen LogP contribution in [0.3, 0.4) is 0 Å². The van der Waals surface area contributed by atoms with E-state index in [0.717, 1.165) is 22.2 Å². The molecule has 0 radical (unpaired) electrons. The van der Waals surface area contributed by atoms with Crippen molar-refractivity contribution >= 4 is 27.5 Å². The first-order valence-electron chi connectivity index (χ1n) is 10.3. The second-order valence-electron chi connectivity index (χ2n) is 8.34. The SMILES string of the molecule is CC(C)(C)c1cc(Br)ccc1OCC(=O)Nc1ccc(OCCc2ccccc2)cc1. The molecule has 0 aliphatic heterocycles. The van der Waals surface area contributed by atoms with Crippen molar-refractivity contribution in [1.82, 2.24) is 0 Å². The fourth-order valence-corrected chi connectivity index (χ4v) is 3.48. The van der Waals surface area contributed by atoms with Crippen LogP contribution in [0.2, 0.25) is 0 Å². The van der Waals surface area contributed by atoms with E-state index >= 15 is 0 Å². The van der Waals surface area contributed by atoms with Gasteiger partial charge in [-0.25, -0.2) is 0 Å². The Kier molecular flexibility index (Phi) is 7.75. The maximum absolute atomic E-state index is 12.4. The number of halogens is 1. The predicted molar refractivity (Wildman–Crippen MR) is 129 cm³/mol. The summed E-state index contributed by atoms with van der Waals surface area (Å²) in [6.07, 6.45) is 0.850. The highest BCUT2D eigenvalue weighted by Gasteiger charge is 2.20. The van der Waals surface area contributed by atoms with Crippen LogP contribution < -0.4 is 14.8 Å². The second kappa shape index (κ2) is 10.5. The van der Waals surface area contributed by atoms with Crippen LogP contribution in [0.5, 0.6) is 11.5 Å². The van der Waals surface area contributed by atoms with Crippen LogP contribution in [0.15, 0.2) is 77.3 Å². The molecule has 0 spiro atoms. The van der Waals surface area contributed by atoms with Crippen molar-refractivity contribution in [3.8, 4) is 11.5 Å². The fraction of sp³-hybridized carbons (Fsp3) is 0.269. The number of hydrogen-bond acceptors (Lipinski definition) is 3. The molecule has 0 aliphatic rings. The van der Waals surface area contributed by atoms with Crippen molar-refractivity contribution < 1.29 is 14.3 Å². The number of benzene rings is 3. The third-order valence-electron chi connectivity index (χ3n) is 4.75. The van der Waals surface area contributed by atoms with Crippen molar-refractivity contribution in [3.05, 3.63) is 88.4 Å². The van der Waals surface area contributed by atoms with Crippen LogP contribution in [-0.2, 0) is 16.6 Å². The van der Waals surface area contributed by atoms with Crippen LogP contribution in [0.25, 0.3) is 0 Å². The standard InChI is InChI=1S/C26H28BrNO3/c1-26(2,3)23-17-20(27)9-14-24(23)31-18-25(29)28-21-10-12-22(13-11-21)30-16-15-19-7-5-4-6-8-19/h4-14,17H,15-16,18H2,1-3H3,(H,28,29). The zero-order chi connectivity index (χ0) is 22.3. The number of carbonyl (C=O) groups excluding carboxylic acids is 1. The monoisotopic (exact) mass is 481 g/mol. The van der Waals surface area contributed by atoms with E-state index < -0.39 is 0 Å². The quantitative estimate of drug-likeness (QED) is 0.405. The Morgan fingerprint density at radius 1 is 0.935 bits per heavy atom. The lowest BCUT2D eigenvalue weighted by atomic mass is 9.86. The first kappa shape index (κ1) is 22.9. The predicted octanol–water partition coefficient (Wildman–Crippen LogP) is 6.39. The summed E-state index contributed by atoms with van der Waals surface area (Å²) in [6.45, 7) is 6.90. The summed E-state index contributed by atoms with van der Waals surface area (Å²) in [5.74, 6) is 1.28. The van der Waals surface area contributed by atoms with Crippen LogP contribution in [0, 0.1) is 0 Å². The molecular formula is C26H28BrNO3. The number of amides is 1. The molecule has 0 fully saturated rings. The molecule has 0 saturated heterocycles. The first-order valence-corrected chi connectivity index (χ1v) is 11.1. The van der Waals surface area contributed by atoms with Gasteiger partial charge in [0.05, 0.1) is 6.61 Å². The van der Waals surface area contributed by atoms with Crippen molar-refractivity contribution in [3.63, 3.8) is 0 Å². The Balaban J connectivity index is 1.49. The molecule has 1 N–H and O–H groups in total. The molecule has 5 heteroatoms. The van der Waals surface area contributed by atoms with Gasteiger partial charge in [-0.1, -0.05) is 67.0 Å². The molecule has 0 bridgehead atoms. The van der Waals surface area contributed by atoms with E-state index in [1.54, 1.807) is 0 Å². The lowest BCUT2D eigenvalue weighted by molar-refractivity contribution is -0.118. The van der Waals surface area contributed by atoms with Gasteiger partial charge < -0.3 is 14.8 Å². The number of hydrogen-bond donors (Lipinski definition) is 1. The van der Waals surface area contributed by atoms with Crippen LogP contribution in [-0.4, -0.2) is 19.1 Å². The highest BCUT2D eigenvalue weighted by molar-refractivity contribution is 9.10. The molecule has 0 unspecified atom stereocenters. The zero-order valence-corrected chi connectivity index (χ0v) is 19.7. The molecule has 3 rings (SSSR count). The smallest absolute Gasteiger partial charge is 0.262 e. The number of nitrogens with one attached hydrogen (secondary N) is 1. The highest BCUT2D eigenvalue weighted by atomic mass is 79.9. The van der Waals surface area contributed by atoms with Gasteiger partial charge >= 0.3 is 0 Å². The Morgan fingerprint density at radius 3 is 2.32 bits per heavy atom. The average molecular weight is 482 g/mol. The van der Waals surface area contributed by atoms with Crippen molar-refractivity contribution in [2.24, 2.45) is 0 Å². The lowest BCUT2D eigenvalue weighted by Gasteiger charge is -2.23. The van der Waals surface area contributed by atoms with E-state index in [0.29, 0.717) is 18.0 Å². The van der Waals surface area contributed by atoms with E-state index in [1.165, 1.54) is 5.56 Å². The maximum atomic E-state index is 12.4. The van der Waals surface area contributed by atoms with Crippen molar-refractivity contribution in [1.29, 1.82) is 0 Å². The van der Waals surface area contributed by atoms with Gasteiger partial charge in [0.15, 0.2) is 6.61 Å². The average Bonchev–Trinajstić information content (AvgIpc) is 2.74. The fourth-order valence-electron chi connectivity index (χ4n) is 3.12. The van der Waals surface area contributed by atoms with Gasteiger partial charge in [0.1, 0.15) is 11.5 Å². The van der Waals surface area contributed by atoms with Crippen LogP contribution in [0.1, 0.15) is 31.9 Å². The largest absolute Gasteiger partial charge is 0.493 e. The molecule has 1 amide bonds. The van der Waals surface area contributed by atoms with Gasteiger partial charge in [-0.15, -0.1) is 0 Å². The summed E-state index contributed by atoms with van der Waals surface area (Å²) < 4.78 is 12.6. The van der Waals surface area contributed by atoms with Gasteiger partial charge in [-0.05, 0) is 53.4 Å². The molecule has 3 aromatic rings. The van der Waals surface area contributed by atoms with Crippen molar-refractivity contribution in [2.45, 2.75) is 32.6 Å². The third-order valence-corrected chi connectivity index (χ3v) is 5.24. The number of ether oxygens (including phenoxy) is 2. The maximum Gasteiger partial charge on any atom is 0.262 e. The highest BCUT2D eigenvalue weighted by Crippen LogP contribution is 2.33. The summed E-state index contributed by atoms with van der Waals surface area (Å²) in [7, 11) is 0. The van der Waals surface area contributed by atoms with E-state index in [4.69, 9.17) is 9.47 Å². The summed E-state index contributed by atoms with van der Waals surface area (Å²) in [5, 5.41) is 2.86. The van der Waals surface area contributed by atoms with E-state index in [2.05, 4.69) is 54.2 Å². The molecule has 0 aliphatic carbocycles. The van der Waals surface area contributed by atoms with Gasteiger partial charge in [0, 0.05) is 22.1 Å². The molecule has 31 heavy (non-hydrogen) atoms. The van der Waals surface area contributed by atoms with Gasteiger partial charge in [-0.3, -0.25) is 4.79 Å². The zero-order valence-electron chi connectivity index (χ0n) is 18.2.